The second-order valence-electron chi connectivity index (χ2n) is 11.4. The molecule has 0 saturated carbocycles. The number of rotatable bonds is 7. The van der Waals surface area contributed by atoms with E-state index in [2.05, 4.69) is 74.3 Å². The molecule has 1 fully saturated rings. The highest BCUT2D eigenvalue weighted by Gasteiger charge is 2.53. The first-order valence-electron chi connectivity index (χ1n) is 13.7. The Kier molecular flexibility index (Phi) is 7.89. The van der Waals surface area contributed by atoms with Crippen molar-refractivity contribution in [3.05, 3.63) is 135 Å². The third kappa shape index (κ3) is 5.45. The molecule has 1 aliphatic rings. The number of nitrogens with one attached hydrogen (secondary N) is 1. The van der Waals surface area contributed by atoms with Crippen LogP contribution < -0.4 is 21.6 Å². The van der Waals surface area contributed by atoms with Crippen molar-refractivity contribution < 1.29 is 9.16 Å². The molecular formula is C33H36N2O4Si. The molecule has 3 aromatic carbocycles. The molecule has 3 atom stereocenters. The highest BCUT2D eigenvalue weighted by Crippen LogP contribution is 2.41. The van der Waals surface area contributed by atoms with Crippen molar-refractivity contribution in [1.29, 1.82) is 0 Å². The van der Waals surface area contributed by atoms with Crippen LogP contribution in [0.15, 0.2) is 113 Å². The highest BCUT2D eigenvalue weighted by atomic mass is 28.4. The number of nitrogens with zero attached hydrogens (tertiary/aromatic N) is 1. The van der Waals surface area contributed by atoms with Gasteiger partial charge in [0.15, 0.2) is 0 Å². The maximum atomic E-state index is 12.8. The van der Waals surface area contributed by atoms with E-state index in [-0.39, 0.29) is 16.7 Å². The summed E-state index contributed by atoms with van der Waals surface area (Å²) in [5.41, 5.74) is 0.629. The van der Waals surface area contributed by atoms with Gasteiger partial charge in [-0.05, 0) is 27.9 Å². The van der Waals surface area contributed by atoms with Gasteiger partial charge in [-0.3, -0.25) is 14.3 Å². The topological polar surface area (TPSA) is 73.3 Å². The lowest BCUT2D eigenvalue weighted by Gasteiger charge is -2.45. The van der Waals surface area contributed by atoms with E-state index >= 15 is 0 Å². The van der Waals surface area contributed by atoms with Crippen LogP contribution in [-0.2, 0) is 9.16 Å². The Labute approximate surface area is 236 Å². The predicted molar refractivity (Wildman–Crippen MR) is 163 cm³/mol. The Bertz CT molecular complexity index is 1530. The summed E-state index contributed by atoms with van der Waals surface area (Å²) in [6.07, 6.45) is 4.77. The molecular weight excluding hydrogens is 516 g/mol. The minimum Gasteiger partial charge on any atom is -0.401 e. The number of aromatic amines is 1. The maximum absolute atomic E-state index is 12.8. The summed E-state index contributed by atoms with van der Waals surface area (Å²) in [6.45, 7) is 8.43. The van der Waals surface area contributed by atoms with Gasteiger partial charge in [-0.2, -0.15) is 0 Å². The predicted octanol–water partition coefficient (Wildman–Crippen LogP) is 4.79. The van der Waals surface area contributed by atoms with Gasteiger partial charge in [-0.25, -0.2) is 4.79 Å². The number of aromatic nitrogens is 2. The fourth-order valence-electron chi connectivity index (χ4n) is 5.61. The molecule has 0 radical (unpaired) electrons. The highest BCUT2D eigenvalue weighted by molar-refractivity contribution is 6.99. The van der Waals surface area contributed by atoms with E-state index in [4.69, 9.17) is 9.16 Å². The number of H-pyrrole nitrogens is 1. The molecule has 1 aromatic heterocycles. The summed E-state index contributed by atoms with van der Waals surface area (Å²) in [4.78, 5) is 27.3. The van der Waals surface area contributed by atoms with Gasteiger partial charge in [-0.1, -0.05) is 124 Å². The molecule has 1 saturated heterocycles. The largest absolute Gasteiger partial charge is 0.401 e. The Morgan fingerprint density at radius 1 is 0.900 bits per heavy atom. The van der Waals surface area contributed by atoms with Gasteiger partial charge in [0, 0.05) is 18.2 Å². The number of benzene rings is 3. The molecule has 0 spiro atoms. The van der Waals surface area contributed by atoms with E-state index in [1.165, 1.54) is 14.9 Å². The summed E-state index contributed by atoms with van der Waals surface area (Å²) in [5.74, 6) is 0. The zero-order valence-electron chi connectivity index (χ0n) is 23.4. The van der Waals surface area contributed by atoms with Crippen molar-refractivity contribution in [1.82, 2.24) is 9.55 Å². The summed E-state index contributed by atoms with van der Waals surface area (Å²) in [5, 5.41) is 2.15. The van der Waals surface area contributed by atoms with Crippen LogP contribution in [0.3, 0.4) is 0 Å². The first-order chi connectivity index (χ1) is 19.2. The number of ether oxygens (including phenoxy) is 1. The van der Waals surface area contributed by atoms with Gasteiger partial charge in [0.1, 0.15) is 12.3 Å². The van der Waals surface area contributed by atoms with Crippen molar-refractivity contribution in [2.24, 2.45) is 0 Å². The van der Waals surface area contributed by atoms with Crippen molar-refractivity contribution in [3.63, 3.8) is 0 Å². The smallest absolute Gasteiger partial charge is 0.330 e. The quantitative estimate of drug-likeness (QED) is 0.335. The van der Waals surface area contributed by atoms with E-state index in [0.29, 0.717) is 12.0 Å². The molecule has 0 amide bonds. The summed E-state index contributed by atoms with van der Waals surface area (Å²) in [7, 11) is -2.89. The minimum absolute atomic E-state index is 0.215. The molecule has 1 aliphatic heterocycles. The SMILES string of the molecule is Cc1cn([C@H]2C[C@H](O[Si](c3ccccc3)(c3ccccc3)C(C)(C)C)[C@@H](/C=C/c3ccccc3)O2)c(=O)[nH]c1=O. The van der Waals surface area contributed by atoms with Crippen LogP contribution in [0.25, 0.3) is 6.08 Å². The number of hydrogen-bond acceptors (Lipinski definition) is 4. The standard InChI is InChI=1S/C33H36N2O4Si/c1-24-23-35(32(37)34-31(24)36)30-22-29(28(38-30)21-20-25-14-8-5-9-15-25)39-40(33(2,3)4,26-16-10-6-11-17-26)27-18-12-7-13-19-27/h5-21,23,28-30H,22H2,1-4H3,(H,34,36,37)/b21-20+/t28-,29+,30-/m1/s1. The van der Waals surface area contributed by atoms with Crippen molar-refractivity contribution in [2.75, 3.05) is 0 Å². The van der Waals surface area contributed by atoms with Crippen molar-refractivity contribution >= 4 is 24.8 Å². The van der Waals surface area contributed by atoms with Gasteiger partial charge in [-0.15, -0.1) is 0 Å². The van der Waals surface area contributed by atoms with Crippen LogP contribution in [0.1, 0.15) is 44.5 Å². The molecule has 4 aromatic rings. The Hall–Kier alpha value is -3.78. The van der Waals surface area contributed by atoms with Crippen molar-refractivity contribution in [2.45, 2.75) is 57.6 Å². The van der Waals surface area contributed by atoms with E-state index in [1.54, 1.807) is 13.1 Å². The zero-order valence-corrected chi connectivity index (χ0v) is 24.4. The fourth-order valence-corrected chi connectivity index (χ4v) is 10.3. The van der Waals surface area contributed by atoms with E-state index in [9.17, 15) is 9.59 Å². The van der Waals surface area contributed by atoms with Crippen LogP contribution in [0.4, 0.5) is 0 Å². The number of aryl methyl sites for hydroxylation is 1. The van der Waals surface area contributed by atoms with Gasteiger partial charge >= 0.3 is 5.69 Å². The molecule has 206 valence electrons. The Balaban J connectivity index is 1.62. The lowest BCUT2D eigenvalue weighted by atomic mass is 10.1. The first kappa shape index (κ1) is 27.8. The molecule has 0 unspecified atom stereocenters. The summed E-state index contributed by atoms with van der Waals surface area (Å²) in [6, 6.07) is 31.1. The fraction of sp³-hybridized carbons (Fsp3) is 0.273. The van der Waals surface area contributed by atoms with Gasteiger partial charge in [0.2, 0.25) is 0 Å². The Morgan fingerprint density at radius 2 is 1.45 bits per heavy atom. The normalized spacial score (nSPS) is 19.8. The molecule has 1 N–H and O–H groups in total. The van der Waals surface area contributed by atoms with Gasteiger partial charge in [0.25, 0.3) is 13.9 Å². The molecule has 0 bridgehead atoms. The maximum Gasteiger partial charge on any atom is 0.330 e. The number of hydrogen-bond donors (Lipinski definition) is 1. The molecule has 5 rings (SSSR count). The second-order valence-corrected chi connectivity index (χ2v) is 15.6. The van der Waals surface area contributed by atoms with E-state index in [0.717, 1.165) is 5.56 Å². The average Bonchev–Trinajstić information content (AvgIpc) is 3.35. The molecule has 40 heavy (non-hydrogen) atoms. The molecule has 7 heteroatoms. The average molecular weight is 553 g/mol. The molecule has 0 aliphatic carbocycles. The summed E-state index contributed by atoms with van der Waals surface area (Å²) < 4.78 is 15.5. The van der Waals surface area contributed by atoms with Crippen LogP contribution in [0, 0.1) is 6.92 Å². The monoisotopic (exact) mass is 552 g/mol. The van der Waals surface area contributed by atoms with Crippen LogP contribution in [0.5, 0.6) is 0 Å². The van der Waals surface area contributed by atoms with Crippen LogP contribution >= 0.6 is 0 Å². The lowest BCUT2D eigenvalue weighted by Crippen LogP contribution is -2.68. The van der Waals surface area contributed by atoms with E-state index < -0.39 is 26.3 Å². The molecule has 2 heterocycles. The van der Waals surface area contributed by atoms with E-state index in [1.807, 2.05) is 54.6 Å². The molecule has 6 nitrogen and oxygen atoms in total. The minimum atomic E-state index is -2.89. The zero-order chi connectivity index (χ0) is 28.3. The third-order valence-corrected chi connectivity index (χ3v) is 12.7. The Morgan fingerprint density at radius 3 is 2.00 bits per heavy atom. The third-order valence-electron chi connectivity index (χ3n) is 7.59. The lowest BCUT2D eigenvalue weighted by molar-refractivity contribution is 0.00717. The first-order valence-corrected chi connectivity index (χ1v) is 15.6. The van der Waals surface area contributed by atoms with Crippen LogP contribution in [-0.4, -0.2) is 30.1 Å². The summed E-state index contributed by atoms with van der Waals surface area (Å²) >= 11 is 0. The van der Waals surface area contributed by atoms with Crippen molar-refractivity contribution in [3.8, 4) is 0 Å². The second kappa shape index (κ2) is 11.4. The van der Waals surface area contributed by atoms with Crippen LogP contribution in [0.2, 0.25) is 5.04 Å². The van der Waals surface area contributed by atoms with Gasteiger partial charge < -0.3 is 9.16 Å². The van der Waals surface area contributed by atoms with Gasteiger partial charge in [0.05, 0.1) is 6.10 Å².